The number of hydrogen-bond acceptors (Lipinski definition) is 5. The van der Waals surface area contributed by atoms with Gasteiger partial charge in [0.05, 0.1) is 23.3 Å². The van der Waals surface area contributed by atoms with E-state index in [1.165, 1.54) is 31.4 Å². The molecule has 186 valence electrons. The molecule has 0 bridgehead atoms. The summed E-state index contributed by atoms with van der Waals surface area (Å²) < 4.78 is 10.9. The molecule has 8 heteroatoms. The van der Waals surface area contributed by atoms with Gasteiger partial charge in [0.25, 0.3) is 5.91 Å². The maximum atomic E-state index is 13.3. The molecule has 0 aliphatic heterocycles. The van der Waals surface area contributed by atoms with Crippen molar-refractivity contribution < 1.29 is 23.9 Å². The van der Waals surface area contributed by atoms with Gasteiger partial charge in [-0.2, -0.15) is 0 Å². The fourth-order valence-electron chi connectivity index (χ4n) is 3.58. The number of ketones is 1. The van der Waals surface area contributed by atoms with E-state index in [1.807, 2.05) is 0 Å². The molecular weight excluding hydrogens is 513 g/mol. The van der Waals surface area contributed by atoms with Crippen molar-refractivity contribution in [1.29, 1.82) is 0 Å². The summed E-state index contributed by atoms with van der Waals surface area (Å²) in [4.78, 5) is 39.1. The smallest absolute Gasteiger partial charge is 0.339 e. The number of rotatable bonds is 8. The van der Waals surface area contributed by atoms with E-state index in [-0.39, 0.29) is 21.9 Å². The summed E-state index contributed by atoms with van der Waals surface area (Å²) >= 11 is 12.0. The zero-order chi connectivity index (χ0) is 26.4. The molecule has 0 fully saturated rings. The van der Waals surface area contributed by atoms with E-state index in [0.29, 0.717) is 27.6 Å². The van der Waals surface area contributed by atoms with E-state index < -0.39 is 18.0 Å². The van der Waals surface area contributed by atoms with Crippen molar-refractivity contribution in [3.63, 3.8) is 0 Å². The average Bonchev–Trinajstić information content (AvgIpc) is 2.91. The number of amides is 1. The van der Waals surface area contributed by atoms with Crippen LogP contribution < -0.4 is 10.1 Å². The number of nitrogens with one attached hydrogen (secondary N) is 1. The first-order chi connectivity index (χ1) is 17.9. The Morgan fingerprint density at radius 1 is 0.784 bits per heavy atom. The van der Waals surface area contributed by atoms with Gasteiger partial charge in [-0.15, -0.1) is 0 Å². The normalized spacial score (nSPS) is 11.3. The topological polar surface area (TPSA) is 81.7 Å². The van der Waals surface area contributed by atoms with Gasteiger partial charge in [0.15, 0.2) is 6.10 Å². The van der Waals surface area contributed by atoms with Crippen molar-refractivity contribution in [2.45, 2.75) is 6.10 Å². The lowest BCUT2D eigenvalue weighted by Crippen LogP contribution is -2.20. The Morgan fingerprint density at radius 2 is 1.51 bits per heavy atom. The van der Waals surface area contributed by atoms with Crippen molar-refractivity contribution in [1.82, 2.24) is 0 Å². The number of Topliss-reactive ketones (excluding diaryl/α,β-unsaturated/α-hetero) is 1. The second-order valence-electron chi connectivity index (χ2n) is 7.95. The van der Waals surface area contributed by atoms with E-state index in [0.717, 1.165) is 0 Å². The molecule has 0 spiro atoms. The zero-order valence-corrected chi connectivity index (χ0v) is 21.1. The molecule has 1 N–H and O–H groups in total. The van der Waals surface area contributed by atoms with Gasteiger partial charge >= 0.3 is 5.97 Å². The lowest BCUT2D eigenvalue weighted by molar-refractivity contribution is 0.0280. The highest BCUT2D eigenvalue weighted by Gasteiger charge is 2.27. The van der Waals surface area contributed by atoms with Crippen LogP contribution in [0.1, 0.15) is 42.7 Å². The summed E-state index contributed by atoms with van der Waals surface area (Å²) in [5, 5.41) is 3.31. The molecule has 0 saturated carbocycles. The molecule has 4 aromatic rings. The largest absolute Gasteiger partial charge is 0.497 e. The van der Waals surface area contributed by atoms with Gasteiger partial charge in [0.1, 0.15) is 5.75 Å². The SMILES string of the molecule is COc1ccc(C(=O)[C@@H](OC(=O)c2cccc(NC(=O)c3ccc(Cl)cc3Cl)c2)c2ccccc2)cc1. The number of ether oxygens (including phenoxy) is 2. The van der Waals surface area contributed by atoms with Crippen molar-refractivity contribution >= 4 is 46.5 Å². The Bertz CT molecular complexity index is 1440. The van der Waals surface area contributed by atoms with Crippen LogP contribution in [-0.4, -0.2) is 24.8 Å². The highest BCUT2D eigenvalue weighted by atomic mass is 35.5. The minimum absolute atomic E-state index is 0.156. The highest BCUT2D eigenvalue weighted by Crippen LogP contribution is 2.26. The Kier molecular flexibility index (Phi) is 8.23. The second kappa shape index (κ2) is 11.7. The van der Waals surface area contributed by atoms with Crippen molar-refractivity contribution in [2.75, 3.05) is 12.4 Å². The summed E-state index contributed by atoms with van der Waals surface area (Å²) in [5.74, 6) is -0.979. The van der Waals surface area contributed by atoms with Crippen LogP contribution in [0, 0.1) is 0 Å². The third kappa shape index (κ3) is 6.36. The van der Waals surface area contributed by atoms with Gasteiger partial charge in [0.2, 0.25) is 5.78 Å². The fraction of sp³-hybridized carbons (Fsp3) is 0.0690. The average molecular weight is 534 g/mol. The third-order valence-corrected chi connectivity index (χ3v) is 6.02. The molecule has 4 aromatic carbocycles. The molecule has 1 amide bonds. The molecule has 6 nitrogen and oxygen atoms in total. The Hall–Kier alpha value is -4.13. The highest BCUT2D eigenvalue weighted by molar-refractivity contribution is 6.37. The summed E-state index contributed by atoms with van der Waals surface area (Å²) in [5.41, 5.74) is 1.63. The number of benzene rings is 4. The lowest BCUT2D eigenvalue weighted by Gasteiger charge is -2.18. The molecule has 4 rings (SSSR count). The Labute approximate surface area is 223 Å². The first-order valence-electron chi connectivity index (χ1n) is 11.2. The monoisotopic (exact) mass is 533 g/mol. The minimum atomic E-state index is -1.17. The van der Waals surface area contributed by atoms with E-state index in [1.54, 1.807) is 72.8 Å². The van der Waals surface area contributed by atoms with Crippen LogP contribution in [0.2, 0.25) is 10.0 Å². The number of methoxy groups -OCH3 is 1. The molecule has 0 heterocycles. The third-order valence-electron chi connectivity index (χ3n) is 5.47. The van der Waals surface area contributed by atoms with E-state index in [9.17, 15) is 14.4 Å². The zero-order valence-electron chi connectivity index (χ0n) is 19.6. The van der Waals surface area contributed by atoms with Crippen LogP contribution in [0.25, 0.3) is 0 Å². The number of hydrogen-bond donors (Lipinski definition) is 1. The van der Waals surface area contributed by atoms with Crippen LogP contribution in [0.4, 0.5) is 5.69 Å². The molecule has 0 aromatic heterocycles. The van der Waals surface area contributed by atoms with Crippen LogP contribution in [-0.2, 0) is 4.74 Å². The van der Waals surface area contributed by atoms with Gasteiger partial charge < -0.3 is 14.8 Å². The summed E-state index contributed by atoms with van der Waals surface area (Å²) in [6, 6.07) is 26.0. The standard InChI is InChI=1S/C29H21Cl2NO5/c1-36-23-13-10-18(11-14-23)26(33)27(19-6-3-2-4-7-19)37-29(35)20-8-5-9-22(16-20)32-28(34)24-15-12-21(30)17-25(24)31/h2-17,27H,1H3,(H,32,34)/t27-/m0/s1. The molecule has 0 saturated heterocycles. The van der Waals surface area contributed by atoms with Crippen LogP contribution in [0.5, 0.6) is 5.75 Å². The van der Waals surface area contributed by atoms with E-state index in [2.05, 4.69) is 5.32 Å². The molecule has 0 unspecified atom stereocenters. The number of carbonyl (C=O) groups is 3. The quantitative estimate of drug-likeness (QED) is 0.194. The fourth-order valence-corrected chi connectivity index (χ4v) is 4.07. The Balaban J connectivity index is 1.55. The summed E-state index contributed by atoms with van der Waals surface area (Å²) in [6.45, 7) is 0. The second-order valence-corrected chi connectivity index (χ2v) is 8.79. The molecule has 0 aliphatic rings. The number of carbonyl (C=O) groups excluding carboxylic acids is 3. The maximum absolute atomic E-state index is 13.3. The first kappa shape index (κ1) is 25.9. The number of esters is 1. The molecule has 37 heavy (non-hydrogen) atoms. The van der Waals surface area contributed by atoms with Crippen molar-refractivity contribution in [2.24, 2.45) is 0 Å². The van der Waals surface area contributed by atoms with Crippen LogP contribution in [0.15, 0.2) is 97.1 Å². The predicted octanol–water partition coefficient (Wildman–Crippen LogP) is 7.04. The summed E-state index contributed by atoms with van der Waals surface area (Å²) in [6.07, 6.45) is -1.17. The van der Waals surface area contributed by atoms with Crippen molar-refractivity contribution in [3.05, 3.63) is 129 Å². The molecule has 0 aliphatic carbocycles. The number of halogens is 2. The van der Waals surface area contributed by atoms with E-state index in [4.69, 9.17) is 32.7 Å². The van der Waals surface area contributed by atoms with Crippen molar-refractivity contribution in [3.8, 4) is 5.75 Å². The van der Waals surface area contributed by atoms with Gasteiger partial charge in [-0.05, 0) is 60.7 Å². The van der Waals surface area contributed by atoms with Gasteiger partial charge in [-0.25, -0.2) is 4.79 Å². The minimum Gasteiger partial charge on any atom is -0.497 e. The first-order valence-corrected chi connectivity index (χ1v) is 11.9. The Morgan fingerprint density at radius 3 is 2.19 bits per heavy atom. The van der Waals surface area contributed by atoms with E-state index >= 15 is 0 Å². The van der Waals surface area contributed by atoms with Gasteiger partial charge in [0, 0.05) is 21.8 Å². The lowest BCUT2D eigenvalue weighted by atomic mass is 9.99. The maximum Gasteiger partial charge on any atom is 0.339 e. The molecular formula is C29H21Cl2NO5. The van der Waals surface area contributed by atoms with Gasteiger partial charge in [-0.1, -0.05) is 59.6 Å². The predicted molar refractivity (Wildman–Crippen MR) is 143 cm³/mol. The summed E-state index contributed by atoms with van der Waals surface area (Å²) in [7, 11) is 1.53. The van der Waals surface area contributed by atoms with Crippen LogP contribution in [0.3, 0.4) is 0 Å². The molecule has 1 atom stereocenters. The van der Waals surface area contributed by atoms with Crippen LogP contribution >= 0.6 is 23.2 Å². The van der Waals surface area contributed by atoms with Gasteiger partial charge in [-0.3, -0.25) is 9.59 Å². The molecule has 0 radical (unpaired) electrons. The number of anilines is 1.